The Balaban J connectivity index is 1.05. The molecule has 304 valence electrons. The maximum atomic E-state index is 14.7. The average molecular weight is 788 g/mol. The summed E-state index contributed by atoms with van der Waals surface area (Å²) in [6, 6.07) is 8.16. The maximum absolute atomic E-state index is 14.7. The van der Waals surface area contributed by atoms with Crippen LogP contribution in [0.3, 0.4) is 0 Å². The zero-order chi connectivity index (χ0) is 40.4. The minimum absolute atomic E-state index is 0.0190. The number of fused-ring (bicyclic) bond motifs is 6. The van der Waals surface area contributed by atoms with E-state index in [0.717, 1.165) is 69.2 Å². The van der Waals surface area contributed by atoms with Crippen LogP contribution in [0.2, 0.25) is 5.02 Å². The molecule has 4 saturated carbocycles. The van der Waals surface area contributed by atoms with Crippen molar-refractivity contribution in [2.75, 3.05) is 19.6 Å². The Bertz CT molecular complexity index is 1970. The number of carboxylic acids is 1. The minimum atomic E-state index is -1.17. The Hall–Kier alpha value is -2.55. The maximum Gasteiger partial charge on any atom is 0.328 e. The number of aliphatic carboxylic acids is 1. The van der Waals surface area contributed by atoms with Crippen LogP contribution in [0.5, 0.6) is 0 Å². The van der Waals surface area contributed by atoms with Crippen LogP contribution in [-0.2, 0) is 30.5 Å². The summed E-state index contributed by atoms with van der Waals surface area (Å²) in [5.74, 6) is 0.585. The molecule has 4 unspecified atom stereocenters. The van der Waals surface area contributed by atoms with Gasteiger partial charge in [0.1, 0.15) is 30.7 Å². The van der Waals surface area contributed by atoms with Gasteiger partial charge < -0.3 is 9.84 Å². The van der Waals surface area contributed by atoms with Gasteiger partial charge in [-0.2, -0.15) is 0 Å². The summed E-state index contributed by atoms with van der Waals surface area (Å²) >= 11 is 6.23. The molecule has 5 aliphatic carbocycles. The van der Waals surface area contributed by atoms with Crippen LogP contribution in [0, 0.1) is 56.2 Å². The van der Waals surface area contributed by atoms with E-state index in [1.165, 1.54) is 5.57 Å². The molecule has 1 N–H and O–H groups in total. The van der Waals surface area contributed by atoms with Gasteiger partial charge >= 0.3 is 17.8 Å². The van der Waals surface area contributed by atoms with Crippen LogP contribution < -0.4 is 0 Å². The Labute approximate surface area is 338 Å². The number of carbonyl (C=O) groups is 4. The third-order valence-corrected chi connectivity index (χ3v) is 19.3. The van der Waals surface area contributed by atoms with E-state index in [-0.39, 0.29) is 57.1 Å². The van der Waals surface area contributed by atoms with E-state index in [1.54, 1.807) is 13.8 Å². The predicted octanol–water partition coefficient (Wildman–Crippen LogP) is 8.64. The van der Waals surface area contributed by atoms with Crippen molar-refractivity contribution in [1.29, 1.82) is 0 Å². The molecule has 56 heavy (non-hydrogen) atoms. The molecule has 1 spiro atoms. The molecule has 8 nitrogen and oxygen atoms in total. The van der Waals surface area contributed by atoms with E-state index >= 15 is 0 Å². The topological polar surface area (TPSA) is 101 Å². The molecule has 1 aromatic carbocycles. The number of rotatable bonds is 7. The summed E-state index contributed by atoms with van der Waals surface area (Å²) in [6.45, 7) is 22.8. The molecule has 0 radical (unpaired) electrons. The fraction of sp³-hybridized carbons (Fsp3) is 0.745. The summed E-state index contributed by atoms with van der Waals surface area (Å²) in [5, 5.41) is 10.4. The average Bonchev–Trinajstić information content (AvgIpc) is 3.62. The lowest BCUT2D eigenvalue weighted by atomic mass is 9.31. The van der Waals surface area contributed by atoms with E-state index in [1.807, 2.05) is 12.1 Å². The predicted molar refractivity (Wildman–Crippen MR) is 214 cm³/mol. The number of amides is 1. The zero-order valence-corrected chi connectivity index (χ0v) is 36.0. The smallest absolute Gasteiger partial charge is 0.328 e. The Kier molecular flexibility index (Phi) is 8.21. The number of nitrogens with zero attached hydrogens (tertiary/aromatic N) is 2. The van der Waals surface area contributed by atoms with Gasteiger partial charge in [0.05, 0.1) is 18.4 Å². The number of benzene rings is 1. The number of allylic oxidation sites excluding steroid dienone is 1. The van der Waals surface area contributed by atoms with Gasteiger partial charge in [-0.3, -0.25) is 19.3 Å². The van der Waals surface area contributed by atoms with E-state index in [9.17, 15) is 24.3 Å². The number of Topliss-reactive ketones (excluding diaryl/α,β-unsaturated/α-hetero) is 1. The molecule has 9 heteroatoms. The van der Waals surface area contributed by atoms with Crippen molar-refractivity contribution in [3.05, 3.63) is 46.0 Å². The summed E-state index contributed by atoms with van der Waals surface area (Å²) in [4.78, 5) is 56.6. The van der Waals surface area contributed by atoms with Crippen molar-refractivity contribution in [2.45, 2.75) is 144 Å². The lowest BCUT2D eigenvalue weighted by Crippen LogP contribution is -2.83. The van der Waals surface area contributed by atoms with Gasteiger partial charge in [0.25, 0.3) is 0 Å². The number of hydrogen-bond acceptors (Lipinski definition) is 6. The SMILES string of the molecule is CC(C)C1=C2C3CCC4[C@@]5(C)CC[C@H](OC(=O)CC(C)(C)C(=O)O)C(C)(C)[C@@H]5CC[C@@]4(C)[C@]3(C)CC3[C@]2(CC1=O)[C@]12CN(Cc4ccc(Cl)cc4)CC(=O)[N+]31C2. The van der Waals surface area contributed by atoms with Crippen LogP contribution in [0.25, 0.3) is 0 Å². The molecule has 9 rings (SSSR count). The summed E-state index contributed by atoms with van der Waals surface area (Å²) in [5.41, 5.74) is 1.89. The molecule has 3 aliphatic heterocycles. The first-order valence-electron chi connectivity index (χ1n) is 21.6. The number of carboxylic acid groups (broad SMARTS) is 1. The largest absolute Gasteiger partial charge is 0.481 e. The quantitative estimate of drug-likeness (QED) is 0.168. The number of carbonyl (C=O) groups excluding carboxylic acids is 3. The van der Waals surface area contributed by atoms with E-state index in [0.29, 0.717) is 58.5 Å². The number of ether oxygens (including phenoxy) is 1. The molecule has 0 aromatic heterocycles. The van der Waals surface area contributed by atoms with Crippen LogP contribution >= 0.6 is 11.6 Å². The minimum Gasteiger partial charge on any atom is -0.481 e. The molecule has 1 aromatic rings. The van der Waals surface area contributed by atoms with Crippen LogP contribution in [0.1, 0.15) is 126 Å². The Morgan fingerprint density at radius 3 is 2.34 bits per heavy atom. The van der Waals surface area contributed by atoms with Gasteiger partial charge in [-0.25, -0.2) is 9.28 Å². The third kappa shape index (κ3) is 4.56. The van der Waals surface area contributed by atoms with Gasteiger partial charge in [-0.1, -0.05) is 72.2 Å². The molecule has 3 heterocycles. The first-order chi connectivity index (χ1) is 26.1. The highest BCUT2D eigenvalue weighted by Crippen LogP contribution is 2.86. The number of piperazine rings is 1. The van der Waals surface area contributed by atoms with Crippen LogP contribution in [-0.4, -0.2) is 75.4 Å². The number of esters is 1. The summed E-state index contributed by atoms with van der Waals surface area (Å²) < 4.78 is 6.81. The number of quaternary nitrogens is 1. The highest BCUT2D eigenvalue weighted by Gasteiger charge is 3.01. The third-order valence-electron chi connectivity index (χ3n) is 19.0. The van der Waals surface area contributed by atoms with Crippen molar-refractivity contribution >= 4 is 35.2 Å². The molecule has 11 atom stereocenters. The molecule has 1 amide bonds. The van der Waals surface area contributed by atoms with Gasteiger partial charge in [0.15, 0.2) is 11.3 Å². The number of ketones is 1. The normalized spacial score (nSPS) is 44.7. The molecule has 7 fully saturated rings. The fourth-order valence-electron chi connectivity index (χ4n) is 16.4. The first kappa shape index (κ1) is 38.9. The van der Waals surface area contributed by atoms with E-state index < -0.39 is 17.4 Å². The first-order valence-corrected chi connectivity index (χ1v) is 22.0. The highest BCUT2D eigenvalue weighted by molar-refractivity contribution is 6.30. The second kappa shape index (κ2) is 11.8. The number of hydrogen-bond donors (Lipinski definition) is 1. The van der Waals surface area contributed by atoms with Gasteiger partial charge in [-0.15, -0.1) is 0 Å². The van der Waals surface area contributed by atoms with Crippen molar-refractivity contribution in [3.63, 3.8) is 0 Å². The second-order valence-corrected chi connectivity index (χ2v) is 22.8. The molecule has 3 saturated heterocycles. The second-order valence-electron chi connectivity index (χ2n) is 22.3. The lowest BCUT2D eigenvalue weighted by molar-refractivity contribution is -0.855. The molecule has 8 aliphatic rings. The van der Waals surface area contributed by atoms with Crippen LogP contribution in [0.4, 0.5) is 0 Å². The van der Waals surface area contributed by atoms with Crippen molar-refractivity contribution in [2.24, 2.45) is 56.2 Å². The van der Waals surface area contributed by atoms with E-state index in [2.05, 4.69) is 65.5 Å². The standard InChI is InChI=1S/C47H63ClN2O6/c1-27(2)38-31(51)20-47-34(50-26-46(47,50)25-49(24-36(50)52)23-28-10-12-29(48)13-11-28)21-45(9)30(39(38)47)14-15-33-43(7)18-17-35(56-37(53)22-41(3,4)40(54)55)42(5,6)32(43)16-19-44(33,45)8/h10-13,27,30,32-35H,14-26H2,1-9H3/p+1/t30?,32-,33?,34?,35-,43-,44+,45+,46+,47-,50?/m0/s1. The van der Waals surface area contributed by atoms with Gasteiger partial charge in [-0.05, 0) is 121 Å². The van der Waals surface area contributed by atoms with Crippen molar-refractivity contribution in [1.82, 2.24) is 4.90 Å². The fourth-order valence-corrected chi connectivity index (χ4v) is 16.6. The summed E-state index contributed by atoms with van der Waals surface area (Å²) in [7, 11) is 0. The lowest BCUT2D eigenvalue weighted by Gasteiger charge is -2.74. The van der Waals surface area contributed by atoms with Crippen LogP contribution in [0.15, 0.2) is 35.4 Å². The highest BCUT2D eigenvalue weighted by atomic mass is 35.5. The van der Waals surface area contributed by atoms with Gasteiger partial charge in [0.2, 0.25) is 0 Å². The monoisotopic (exact) mass is 787 g/mol. The van der Waals surface area contributed by atoms with Gasteiger partial charge in [0, 0.05) is 29.8 Å². The van der Waals surface area contributed by atoms with Crippen molar-refractivity contribution in [3.8, 4) is 0 Å². The molecular weight excluding hydrogens is 724 g/mol. The van der Waals surface area contributed by atoms with Crippen molar-refractivity contribution < 1.29 is 33.5 Å². The molecular formula is C47H64ClN2O6+. The Morgan fingerprint density at radius 1 is 0.982 bits per heavy atom. The van der Waals surface area contributed by atoms with E-state index in [4.69, 9.17) is 16.3 Å². The summed E-state index contributed by atoms with van der Waals surface area (Å²) in [6.07, 6.45) is 7.25. The Morgan fingerprint density at radius 2 is 1.68 bits per heavy atom. The zero-order valence-electron chi connectivity index (χ0n) is 35.2. The molecule has 0 bridgehead atoms. The number of halogens is 1.